The summed E-state index contributed by atoms with van der Waals surface area (Å²) in [4.78, 5) is 0.178. The fraction of sp³-hybridized carbons (Fsp3) is 0.182. The molecule has 0 saturated carbocycles. The summed E-state index contributed by atoms with van der Waals surface area (Å²) in [5.74, 6) is 0. The Kier molecular flexibility index (Phi) is 3.09. The van der Waals surface area contributed by atoms with Gasteiger partial charge < -0.3 is 0 Å². The molecule has 0 spiro atoms. The van der Waals surface area contributed by atoms with E-state index < -0.39 is 10.0 Å². The fourth-order valence-corrected chi connectivity index (χ4v) is 3.02. The normalized spacial score (nSPS) is 15.5. The Morgan fingerprint density at radius 2 is 1.94 bits per heavy atom. The highest BCUT2D eigenvalue weighted by molar-refractivity contribution is 7.89. The van der Waals surface area contributed by atoms with E-state index in [0.29, 0.717) is 23.6 Å². The Hall–Kier alpha value is -1.51. The van der Waals surface area contributed by atoms with E-state index in [1.807, 2.05) is 6.07 Å². The number of rotatable bonds is 2. The molecule has 1 aliphatic heterocycles. The molecule has 0 atom stereocenters. The molecule has 0 aliphatic carbocycles. The summed E-state index contributed by atoms with van der Waals surface area (Å²) in [6, 6.07) is 7.92. The standard InChI is InChI=1S/C11H9ClN2O2S/c12-10-1-3-11(4-2-10)17(15,16)14-6-5-9(7-13)8-14/h1-4,8H,5-6H2. The highest BCUT2D eigenvalue weighted by Crippen LogP contribution is 2.23. The van der Waals surface area contributed by atoms with Crippen LogP contribution in [0, 0.1) is 11.3 Å². The number of hydrogen-bond acceptors (Lipinski definition) is 3. The van der Waals surface area contributed by atoms with Crippen molar-refractivity contribution in [1.29, 1.82) is 5.26 Å². The maximum absolute atomic E-state index is 12.1. The SMILES string of the molecule is N#CC1=CN(S(=O)(=O)c2ccc(Cl)cc2)CC1. The maximum Gasteiger partial charge on any atom is 0.263 e. The number of nitrogens with zero attached hydrogens (tertiary/aromatic N) is 2. The molecule has 1 aliphatic rings. The molecule has 1 heterocycles. The van der Waals surface area contributed by atoms with Gasteiger partial charge in [-0.2, -0.15) is 5.26 Å². The second kappa shape index (κ2) is 4.40. The van der Waals surface area contributed by atoms with E-state index in [1.165, 1.54) is 34.8 Å². The third-order valence-corrected chi connectivity index (χ3v) is 4.49. The molecule has 0 fully saturated rings. The van der Waals surface area contributed by atoms with Gasteiger partial charge in [-0.25, -0.2) is 8.42 Å². The first kappa shape index (κ1) is 12.0. The first-order chi connectivity index (χ1) is 8.04. The second-order valence-electron chi connectivity index (χ2n) is 3.59. The van der Waals surface area contributed by atoms with Crippen LogP contribution in [0.3, 0.4) is 0 Å². The highest BCUT2D eigenvalue weighted by atomic mass is 35.5. The van der Waals surface area contributed by atoms with Gasteiger partial charge in [-0.3, -0.25) is 4.31 Å². The summed E-state index contributed by atoms with van der Waals surface area (Å²) in [7, 11) is -3.55. The van der Waals surface area contributed by atoms with Crippen LogP contribution in [0.5, 0.6) is 0 Å². The van der Waals surface area contributed by atoms with Gasteiger partial charge in [0.1, 0.15) is 0 Å². The number of halogens is 1. The van der Waals surface area contributed by atoms with E-state index in [4.69, 9.17) is 16.9 Å². The van der Waals surface area contributed by atoms with E-state index in [9.17, 15) is 8.42 Å². The Balaban J connectivity index is 2.36. The molecular formula is C11H9ClN2O2S. The van der Waals surface area contributed by atoms with Crippen molar-refractivity contribution in [3.63, 3.8) is 0 Å². The van der Waals surface area contributed by atoms with Crippen LogP contribution in [0.4, 0.5) is 0 Å². The van der Waals surface area contributed by atoms with Crippen molar-refractivity contribution in [2.75, 3.05) is 6.54 Å². The number of nitriles is 1. The van der Waals surface area contributed by atoms with Crippen molar-refractivity contribution in [1.82, 2.24) is 4.31 Å². The molecule has 88 valence electrons. The number of sulfonamides is 1. The summed E-state index contributed by atoms with van der Waals surface area (Å²) in [6.45, 7) is 0.313. The summed E-state index contributed by atoms with van der Waals surface area (Å²) in [6.07, 6.45) is 1.84. The van der Waals surface area contributed by atoms with Gasteiger partial charge in [0.05, 0.1) is 11.0 Å². The number of benzene rings is 1. The van der Waals surface area contributed by atoms with E-state index in [2.05, 4.69) is 0 Å². The second-order valence-corrected chi connectivity index (χ2v) is 5.91. The van der Waals surface area contributed by atoms with Gasteiger partial charge in [0.25, 0.3) is 10.0 Å². The van der Waals surface area contributed by atoms with Crippen LogP contribution in [0.25, 0.3) is 0 Å². The lowest BCUT2D eigenvalue weighted by Gasteiger charge is -2.15. The van der Waals surface area contributed by atoms with Gasteiger partial charge in [-0.05, 0) is 24.3 Å². The van der Waals surface area contributed by atoms with E-state index in [0.717, 1.165) is 0 Å². The quantitative estimate of drug-likeness (QED) is 0.826. The Bertz CT molecular complexity index is 599. The fourth-order valence-electron chi connectivity index (χ4n) is 1.55. The lowest BCUT2D eigenvalue weighted by Crippen LogP contribution is -2.23. The van der Waals surface area contributed by atoms with Crippen molar-refractivity contribution in [3.05, 3.63) is 41.1 Å². The molecule has 0 bridgehead atoms. The van der Waals surface area contributed by atoms with Crippen LogP contribution in [0.15, 0.2) is 40.9 Å². The van der Waals surface area contributed by atoms with Gasteiger partial charge in [0.2, 0.25) is 0 Å². The van der Waals surface area contributed by atoms with Crippen LogP contribution in [-0.4, -0.2) is 19.3 Å². The molecule has 6 heteroatoms. The molecule has 0 N–H and O–H groups in total. The molecule has 17 heavy (non-hydrogen) atoms. The highest BCUT2D eigenvalue weighted by Gasteiger charge is 2.25. The monoisotopic (exact) mass is 268 g/mol. The minimum absolute atomic E-state index is 0.178. The molecule has 0 amide bonds. The van der Waals surface area contributed by atoms with Gasteiger partial charge >= 0.3 is 0 Å². The van der Waals surface area contributed by atoms with Crippen LogP contribution in [0.1, 0.15) is 6.42 Å². The van der Waals surface area contributed by atoms with Crippen molar-refractivity contribution >= 4 is 21.6 Å². The Morgan fingerprint density at radius 3 is 2.47 bits per heavy atom. The zero-order valence-corrected chi connectivity index (χ0v) is 10.4. The predicted molar refractivity (Wildman–Crippen MR) is 63.7 cm³/mol. The van der Waals surface area contributed by atoms with E-state index in [1.54, 1.807) is 0 Å². The summed E-state index contributed by atoms with van der Waals surface area (Å²) in [5.41, 5.74) is 0.475. The van der Waals surface area contributed by atoms with Crippen molar-refractivity contribution in [2.45, 2.75) is 11.3 Å². The zero-order valence-electron chi connectivity index (χ0n) is 8.80. The van der Waals surface area contributed by atoms with E-state index >= 15 is 0 Å². The summed E-state index contributed by atoms with van der Waals surface area (Å²) < 4.78 is 25.5. The minimum atomic E-state index is -3.55. The molecule has 0 saturated heterocycles. The average molecular weight is 269 g/mol. The van der Waals surface area contributed by atoms with Crippen molar-refractivity contribution in [3.8, 4) is 6.07 Å². The molecular weight excluding hydrogens is 260 g/mol. The minimum Gasteiger partial charge on any atom is -0.272 e. The lowest BCUT2D eigenvalue weighted by atomic mass is 10.3. The molecule has 1 aromatic rings. The molecule has 4 nitrogen and oxygen atoms in total. The topological polar surface area (TPSA) is 61.2 Å². The van der Waals surface area contributed by atoms with Gasteiger partial charge in [0.15, 0.2) is 0 Å². The smallest absolute Gasteiger partial charge is 0.263 e. The third-order valence-electron chi connectivity index (χ3n) is 2.47. The molecule has 0 aromatic heterocycles. The third kappa shape index (κ3) is 2.28. The van der Waals surface area contributed by atoms with Crippen LogP contribution < -0.4 is 0 Å². The Morgan fingerprint density at radius 1 is 1.29 bits per heavy atom. The first-order valence-corrected chi connectivity index (χ1v) is 6.74. The Labute approximate surface area is 105 Å². The largest absolute Gasteiger partial charge is 0.272 e. The zero-order chi connectivity index (χ0) is 12.5. The molecule has 2 rings (SSSR count). The van der Waals surface area contributed by atoms with Crippen LogP contribution in [0.2, 0.25) is 5.02 Å². The average Bonchev–Trinajstić information content (AvgIpc) is 2.78. The molecule has 0 unspecified atom stereocenters. The number of hydrogen-bond donors (Lipinski definition) is 0. The van der Waals surface area contributed by atoms with E-state index in [-0.39, 0.29) is 4.90 Å². The molecule has 1 aromatic carbocycles. The van der Waals surface area contributed by atoms with Gasteiger partial charge in [-0.1, -0.05) is 11.6 Å². The van der Waals surface area contributed by atoms with Gasteiger partial charge in [-0.15, -0.1) is 0 Å². The van der Waals surface area contributed by atoms with Gasteiger partial charge in [0, 0.05) is 29.8 Å². The van der Waals surface area contributed by atoms with Crippen molar-refractivity contribution in [2.24, 2.45) is 0 Å². The van der Waals surface area contributed by atoms with Crippen molar-refractivity contribution < 1.29 is 8.42 Å². The lowest BCUT2D eigenvalue weighted by molar-refractivity contribution is 0.517. The summed E-state index contributed by atoms with van der Waals surface area (Å²) >= 11 is 5.70. The van der Waals surface area contributed by atoms with Crippen LogP contribution in [-0.2, 0) is 10.0 Å². The van der Waals surface area contributed by atoms with Crippen LogP contribution >= 0.6 is 11.6 Å². The first-order valence-electron chi connectivity index (χ1n) is 4.92. The molecule has 0 radical (unpaired) electrons. The predicted octanol–water partition coefficient (Wildman–Crippen LogP) is 2.14. The maximum atomic E-state index is 12.1. The summed E-state index contributed by atoms with van der Waals surface area (Å²) in [5, 5.41) is 9.18.